The van der Waals surface area contributed by atoms with Crippen molar-refractivity contribution >= 4 is 21.6 Å². The first kappa shape index (κ1) is 16.9. The molecule has 0 radical (unpaired) electrons. The molecule has 0 aliphatic carbocycles. The van der Waals surface area contributed by atoms with Crippen LogP contribution in [0, 0.1) is 0 Å². The van der Waals surface area contributed by atoms with Gasteiger partial charge in [0, 0.05) is 20.3 Å². The van der Waals surface area contributed by atoms with Gasteiger partial charge in [0.05, 0.1) is 17.7 Å². The van der Waals surface area contributed by atoms with Gasteiger partial charge < -0.3 is 10.1 Å². The van der Waals surface area contributed by atoms with E-state index in [1.54, 1.807) is 18.2 Å². The van der Waals surface area contributed by atoms with E-state index in [-0.39, 0.29) is 16.3 Å². The minimum Gasteiger partial charge on any atom is -0.495 e. The van der Waals surface area contributed by atoms with E-state index in [4.69, 9.17) is 4.74 Å². The second kappa shape index (κ2) is 6.76. The Hall–Kier alpha value is -2.45. The number of sulfonamides is 1. The number of rotatable bonds is 5. The van der Waals surface area contributed by atoms with Crippen LogP contribution in [0.2, 0.25) is 0 Å². The lowest BCUT2D eigenvalue weighted by molar-refractivity contribution is 0.102. The van der Waals surface area contributed by atoms with Gasteiger partial charge in [0.15, 0.2) is 0 Å². The lowest BCUT2D eigenvalue weighted by Crippen LogP contribution is -2.22. The number of anilines is 1. The quantitative estimate of drug-likeness (QED) is 0.896. The number of nitrogens with zero attached hydrogens (tertiary/aromatic N) is 2. The Morgan fingerprint density at radius 2 is 1.96 bits per heavy atom. The zero-order valence-corrected chi connectivity index (χ0v) is 13.8. The van der Waals surface area contributed by atoms with Gasteiger partial charge in [0.1, 0.15) is 11.4 Å². The summed E-state index contributed by atoms with van der Waals surface area (Å²) >= 11 is 0. The highest BCUT2D eigenvalue weighted by Gasteiger charge is 2.20. The number of carbonyl (C=O) groups excluding carboxylic acids is 1. The Kier molecular flexibility index (Phi) is 4.97. The standard InChI is InChI=1S/C15H17N3O4S/c1-18(2)23(20,21)11-7-8-14(22-3)13(10-11)17-15(19)12-6-4-5-9-16-12/h4-10H,1-3H3,(H,17,19). The zero-order valence-electron chi connectivity index (χ0n) is 13.0. The van der Waals surface area contributed by atoms with Gasteiger partial charge in [0.2, 0.25) is 10.0 Å². The van der Waals surface area contributed by atoms with Crippen LogP contribution in [0.5, 0.6) is 5.75 Å². The molecule has 7 nitrogen and oxygen atoms in total. The van der Waals surface area contributed by atoms with Crippen molar-refractivity contribution in [2.45, 2.75) is 4.90 Å². The molecule has 1 aromatic carbocycles. The summed E-state index contributed by atoms with van der Waals surface area (Å²) < 4.78 is 30.7. The number of pyridine rings is 1. The van der Waals surface area contributed by atoms with Crippen LogP contribution < -0.4 is 10.1 Å². The van der Waals surface area contributed by atoms with E-state index in [2.05, 4.69) is 10.3 Å². The molecule has 1 aromatic heterocycles. The van der Waals surface area contributed by atoms with Gasteiger partial charge in [0.25, 0.3) is 5.91 Å². The average Bonchev–Trinajstić information content (AvgIpc) is 2.55. The molecule has 23 heavy (non-hydrogen) atoms. The second-order valence-corrected chi connectivity index (χ2v) is 6.97. The highest BCUT2D eigenvalue weighted by atomic mass is 32.2. The molecular weight excluding hydrogens is 318 g/mol. The second-order valence-electron chi connectivity index (χ2n) is 4.82. The molecule has 0 atom stereocenters. The molecule has 122 valence electrons. The number of benzene rings is 1. The fraction of sp³-hybridized carbons (Fsp3) is 0.200. The fourth-order valence-electron chi connectivity index (χ4n) is 1.84. The minimum atomic E-state index is -3.61. The van der Waals surface area contributed by atoms with Crippen molar-refractivity contribution in [1.29, 1.82) is 0 Å². The Morgan fingerprint density at radius 1 is 1.22 bits per heavy atom. The largest absolute Gasteiger partial charge is 0.495 e. The van der Waals surface area contributed by atoms with E-state index in [1.807, 2.05) is 0 Å². The average molecular weight is 335 g/mol. The van der Waals surface area contributed by atoms with Gasteiger partial charge in [-0.3, -0.25) is 9.78 Å². The van der Waals surface area contributed by atoms with Crippen molar-refractivity contribution in [2.75, 3.05) is 26.5 Å². The number of ether oxygens (including phenoxy) is 1. The summed E-state index contributed by atoms with van der Waals surface area (Å²) in [6, 6.07) is 9.21. The van der Waals surface area contributed by atoms with E-state index in [0.717, 1.165) is 4.31 Å². The monoisotopic (exact) mass is 335 g/mol. The molecule has 1 N–H and O–H groups in total. The number of hydrogen-bond acceptors (Lipinski definition) is 5. The van der Waals surface area contributed by atoms with E-state index >= 15 is 0 Å². The SMILES string of the molecule is COc1ccc(S(=O)(=O)N(C)C)cc1NC(=O)c1ccccn1. The fourth-order valence-corrected chi connectivity index (χ4v) is 2.77. The maximum Gasteiger partial charge on any atom is 0.274 e. The predicted octanol–water partition coefficient (Wildman–Crippen LogP) is 1.59. The molecule has 1 amide bonds. The third-order valence-electron chi connectivity index (χ3n) is 3.10. The highest BCUT2D eigenvalue weighted by Crippen LogP contribution is 2.28. The first-order chi connectivity index (χ1) is 10.9. The molecule has 0 bridgehead atoms. The molecular formula is C15H17N3O4S. The maximum absolute atomic E-state index is 12.2. The van der Waals surface area contributed by atoms with Crippen molar-refractivity contribution in [3.05, 3.63) is 48.3 Å². The summed E-state index contributed by atoms with van der Waals surface area (Å²) in [5.74, 6) is -0.102. The Balaban J connectivity index is 2.39. The summed E-state index contributed by atoms with van der Waals surface area (Å²) in [4.78, 5) is 16.2. The lowest BCUT2D eigenvalue weighted by Gasteiger charge is -2.15. The maximum atomic E-state index is 12.2. The van der Waals surface area contributed by atoms with Gasteiger partial charge in [-0.2, -0.15) is 0 Å². The molecule has 0 unspecified atom stereocenters. The third kappa shape index (κ3) is 3.66. The molecule has 0 saturated carbocycles. The summed E-state index contributed by atoms with van der Waals surface area (Å²) in [7, 11) is 0.695. The molecule has 8 heteroatoms. The van der Waals surface area contributed by atoms with E-state index < -0.39 is 15.9 Å². The van der Waals surface area contributed by atoms with Crippen LogP contribution in [0.1, 0.15) is 10.5 Å². The topological polar surface area (TPSA) is 88.6 Å². The normalized spacial score (nSPS) is 11.3. The summed E-state index contributed by atoms with van der Waals surface area (Å²) in [6.45, 7) is 0. The van der Waals surface area contributed by atoms with Crippen LogP contribution in [0.25, 0.3) is 0 Å². The van der Waals surface area contributed by atoms with Crippen LogP contribution in [0.15, 0.2) is 47.5 Å². The molecule has 2 aromatic rings. The molecule has 0 aliphatic heterocycles. The highest BCUT2D eigenvalue weighted by molar-refractivity contribution is 7.89. The number of nitrogens with one attached hydrogen (secondary N) is 1. The molecule has 0 aliphatic rings. The lowest BCUT2D eigenvalue weighted by atomic mass is 10.2. The Bertz CT molecular complexity index is 805. The van der Waals surface area contributed by atoms with Crippen molar-refractivity contribution < 1.29 is 17.9 Å². The predicted molar refractivity (Wildman–Crippen MR) is 86.1 cm³/mol. The zero-order chi connectivity index (χ0) is 17.0. The van der Waals surface area contributed by atoms with E-state index in [9.17, 15) is 13.2 Å². The molecule has 1 heterocycles. The summed E-state index contributed by atoms with van der Waals surface area (Å²) in [5.41, 5.74) is 0.474. The first-order valence-corrected chi connectivity index (χ1v) is 8.13. The van der Waals surface area contributed by atoms with E-state index in [1.165, 1.54) is 45.6 Å². The Morgan fingerprint density at radius 3 is 2.52 bits per heavy atom. The minimum absolute atomic E-state index is 0.0552. The van der Waals surface area contributed by atoms with Gasteiger partial charge in [-0.15, -0.1) is 0 Å². The third-order valence-corrected chi connectivity index (χ3v) is 4.91. The van der Waals surface area contributed by atoms with Crippen LogP contribution in [-0.2, 0) is 10.0 Å². The summed E-state index contributed by atoms with van der Waals surface area (Å²) in [5, 5.41) is 2.62. The van der Waals surface area contributed by atoms with Gasteiger partial charge in [-0.25, -0.2) is 12.7 Å². The molecule has 2 rings (SSSR count). The van der Waals surface area contributed by atoms with Crippen LogP contribution in [0.4, 0.5) is 5.69 Å². The van der Waals surface area contributed by atoms with Crippen LogP contribution in [-0.4, -0.2) is 44.8 Å². The van der Waals surface area contributed by atoms with E-state index in [0.29, 0.717) is 5.75 Å². The van der Waals surface area contributed by atoms with Crippen LogP contribution in [0.3, 0.4) is 0 Å². The molecule has 0 fully saturated rings. The smallest absolute Gasteiger partial charge is 0.274 e. The molecule has 0 spiro atoms. The number of carbonyl (C=O) groups is 1. The first-order valence-electron chi connectivity index (χ1n) is 6.69. The summed E-state index contributed by atoms with van der Waals surface area (Å²) in [6.07, 6.45) is 1.50. The van der Waals surface area contributed by atoms with Gasteiger partial charge >= 0.3 is 0 Å². The van der Waals surface area contributed by atoms with Crippen molar-refractivity contribution in [1.82, 2.24) is 9.29 Å². The number of methoxy groups -OCH3 is 1. The van der Waals surface area contributed by atoms with Crippen LogP contribution >= 0.6 is 0 Å². The number of hydrogen-bond donors (Lipinski definition) is 1. The van der Waals surface area contributed by atoms with Gasteiger partial charge in [-0.05, 0) is 30.3 Å². The van der Waals surface area contributed by atoms with Gasteiger partial charge in [-0.1, -0.05) is 6.07 Å². The van der Waals surface area contributed by atoms with Crippen molar-refractivity contribution in [3.63, 3.8) is 0 Å². The van der Waals surface area contributed by atoms with Crippen molar-refractivity contribution in [3.8, 4) is 5.75 Å². The number of amides is 1. The molecule has 0 saturated heterocycles. The van der Waals surface area contributed by atoms with Crippen molar-refractivity contribution in [2.24, 2.45) is 0 Å². The number of aromatic nitrogens is 1. The Labute approximate surface area is 135 Å².